The minimum absolute atomic E-state index is 0.623. The topological polar surface area (TPSA) is 38.7 Å². The highest BCUT2D eigenvalue weighted by molar-refractivity contribution is 9.10. The van der Waals surface area contributed by atoms with Crippen molar-refractivity contribution in [2.75, 3.05) is 0 Å². The third kappa shape index (κ3) is 1.76. The van der Waals surface area contributed by atoms with Crippen LogP contribution in [0.2, 0.25) is 0 Å². The van der Waals surface area contributed by atoms with Gasteiger partial charge in [-0.1, -0.05) is 6.07 Å². The normalized spacial score (nSPS) is 10.3. The van der Waals surface area contributed by atoms with Crippen molar-refractivity contribution in [2.24, 2.45) is 0 Å². The molecule has 0 spiro atoms. The molecule has 0 aliphatic carbocycles. The molecule has 0 amide bonds. The molecule has 0 saturated heterocycles. The molecule has 0 aliphatic heterocycles. The molecule has 0 saturated carbocycles. The Hall–Kier alpha value is -0.810. The van der Waals surface area contributed by atoms with Crippen molar-refractivity contribution in [3.05, 3.63) is 28.6 Å². The van der Waals surface area contributed by atoms with Crippen molar-refractivity contribution in [1.82, 2.24) is 14.3 Å². The van der Waals surface area contributed by atoms with Crippen LogP contribution in [0.1, 0.15) is 5.56 Å². The van der Waals surface area contributed by atoms with Gasteiger partial charge in [0.1, 0.15) is 5.69 Å². The molecule has 3 nitrogen and oxygen atoms in total. The van der Waals surface area contributed by atoms with Crippen molar-refractivity contribution in [3.63, 3.8) is 0 Å². The van der Waals surface area contributed by atoms with Crippen LogP contribution < -0.4 is 0 Å². The number of aromatic nitrogens is 3. The van der Waals surface area contributed by atoms with Crippen molar-refractivity contribution >= 4 is 27.5 Å². The summed E-state index contributed by atoms with van der Waals surface area (Å²) in [6.07, 6.45) is 1.76. The minimum atomic E-state index is 0.623. The predicted octanol–water partition coefficient (Wildman–Crippen LogP) is 2.67. The quantitative estimate of drug-likeness (QED) is 0.787. The second-order valence-electron chi connectivity index (χ2n) is 2.54. The van der Waals surface area contributed by atoms with Gasteiger partial charge in [0.2, 0.25) is 4.73 Å². The van der Waals surface area contributed by atoms with E-state index in [9.17, 15) is 0 Å². The monoisotopic (exact) mass is 255 g/mol. The van der Waals surface area contributed by atoms with E-state index in [-0.39, 0.29) is 0 Å². The molecule has 2 aromatic rings. The molecular weight excluding hydrogens is 250 g/mol. The van der Waals surface area contributed by atoms with Gasteiger partial charge in [0.25, 0.3) is 0 Å². The molecule has 2 aromatic heterocycles. The van der Waals surface area contributed by atoms with Gasteiger partial charge in [0.15, 0.2) is 5.01 Å². The average Bonchev–Trinajstić information content (AvgIpc) is 2.53. The number of nitrogens with zero attached hydrogens (tertiary/aromatic N) is 3. The highest BCUT2D eigenvalue weighted by Gasteiger charge is 2.07. The molecule has 0 unspecified atom stereocenters. The van der Waals surface area contributed by atoms with E-state index in [1.165, 1.54) is 11.5 Å². The van der Waals surface area contributed by atoms with Gasteiger partial charge in [-0.05, 0) is 46.0 Å². The number of rotatable bonds is 1. The van der Waals surface area contributed by atoms with Crippen LogP contribution in [0.5, 0.6) is 0 Å². The van der Waals surface area contributed by atoms with Crippen LogP contribution in [0.3, 0.4) is 0 Å². The molecule has 5 heteroatoms. The zero-order valence-electron chi connectivity index (χ0n) is 6.86. The second-order valence-corrected chi connectivity index (χ2v) is 4.00. The van der Waals surface area contributed by atoms with E-state index in [2.05, 4.69) is 30.3 Å². The first-order chi connectivity index (χ1) is 6.27. The maximum atomic E-state index is 4.25. The Labute approximate surface area is 88.2 Å². The maximum absolute atomic E-state index is 4.25. The van der Waals surface area contributed by atoms with Crippen molar-refractivity contribution in [2.45, 2.75) is 6.92 Å². The molecule has 2 rings (SSSR count). The Morgan fingerprint density at radius 2 is 2.31 bits per heavy atom. The van der Waals surface area contributed by atoms with E-state index in [1.807, 2.05) is 19.1 Å². The fourth-order valence-electron chi connectivity index (χ4n) is 1.01. The van der Waals surface area contributed by atoms with Crippen molar-refractivity contribution < 1.29 is 0 Å². The summed E-state index contributed by atoms with van der Waals surface area (Å²) in [5, 5.41) is 0.852. The third-order valence-corrected chi connectivity index (χ3v) is 2.92. The molecule has 0 bridgehead atoms. The van der Waals surface area contributed by atoms with Crippen molar-refractivity contribution in [3.8, 4) is 10.7 Å². The van der Waals surface area contributed by atoms with Crippen LogP contribution in [0.15, 0.2) is 23.1 Å². The Balaban J connectivity index is 2.52. The van der Waals surface area contributed by atoms with E-state index in [4.69, 9.17) is 0 Å². The molecule has 0 aromatic carbocycles. The van der Waals surface area contributed by atoms with Gasteiger partial charge in [-0.15, -0.1) is 0 Å². The summed E-state index contributed by atoms with van der Waals surface area (Å²) < 4.78 is 4.66. The van der Waals surface area contributed by atoms with Gasteiger partial charge in [-0.3, -0.25) is 4.98 Å². The van der Waals surface area contributed by atoms with E-state index in [1.54, 1.807) is 6.20 Å². The highest BCUT2D eigenvalue weighted by Crippen LogP contribution is 2.23. The fourth-order valence-corrected chi connectivity index (χ4v) is 2.15. The summed E-state index contributed by atoms with van der Waals surface area (Å²) in [6, 6.07) is 3.92. The Kier molecular flexibility index (Phi) is 2.37. The standard InChI is InChI=1S/C8H6BrN3S/c1-5-3-2-4-10-6(5)7-11-8(9)12-13-7/h2-4H,1H3. The molecule has 0 radical (unpaired) electrons. The molecule has 66 valence electrons. The summed E-state index contributed by atoms with van der Waals surface area (Å²) in [4.78, 5) is 8.45. The van der Waals surface area contributed by atoms with Crippen LogP contribution in [-0.2, 0) is 0 Å². The van der Waals surface area contributed by atoms with E-state index >= 15 is 0 Å². The predicted molar refractivity (Wildman–Crippen MR) is 55.6 cm³/mol. The first kappa shape index (κ1) is 8.77. The van der Waals surface area contributed by atoms with Crippen LogP contribution >= 0.6 is 27.5 Å². The van der Waals surface area contributed by atoms with Gasteiger partial charge < -0.3 is 0 Å². The van der Waals surface area contributed by atoms with E-state index in [0.29, 0.717) is 4.73 Å². The first-order valence-electron chi connectivity index (χ1n) is 3.68. The van der Waals surface area contributed by atoms with E-state index in [0.717, 1.165) is 16.3 Å². The zero-order valence-corrected chi connectivity index (χ0v) is 9.26. The van der Waals surface area contributed by atoms with E-state index < -0.39 is 0 Å². The second kappa shape index (κ2) is 3.51. The number of aryl methyl sites for hydroxylation is 1. The number of hydrogen-bond acceptors (Lipinski definition) is 4. The Bertz CT molecular complexity index is 427. The molecule has 0 N–H and O–H groups in total. The number of halogens is 1. The first-order valence-corrected chi connectivity index (χ1v) is 5.25. The van der Waals surface area contributed by atoms with Gasteiger partial charge in [0.05, 0.1) is 0 Å². The Morgan fingerprint density at radius 3 is 2.92 bits per heavy atom. The zero-order chi connectivity index (χ0) is 9.26. The van der Waals surface area contributed by atoms with Gasteiger partial charge >= 0.3 is 0 Å². The Morgan fingerprint density at radius 1 is 1.46 bits per heavy atom. The lowest BCUT2D eigenvalue weighted by molar-refractivity contribution is 1.21. The molecule has 2 heterocycles. The van der Waals surface area contributed by atoms with Crippen LogP contribution in [0.4, 0.5) is 0 Å². The molecule has 0 aliphatic rings. The lowest BCUT2D eigenvalue weighted by Gasteiger charge is -1.97. The summed E-state index contributed by atoms with van der Waals surface area (Å²) in [6.45, 7) is 2.01. The maximum Gasteiger partial charge on any atom is 0.209 e. The SMILES string of the molecule is Cc1cccnc1-c1nc(Br)ns1. The summed E-state index contributed by atoms with van der Waals surface area (Å²) in [5.41, 5.74) is 2.02. The molecule has 13 heavy (non-hydrogen) atoms. The summed E-state index contributed by atoms with van der Waals surface area (Å²) in [5.74, 6) is 0. The van der Waals surface area contributed by atoms with Gasteiger partial charge in [-0.2, -0.15) is 4.37 Å². The molecular formula is C8H6BrN3S. The summed E-state index contributed by atoms with van der Waals surface area (Å²) in [7, 11) is 0. The minimum Gasteiger partial charge on any atom is -0.253 e. The molecule has 0 fully saturated rings. The highest BCUT2D eigenvalue weighted by atomic mass is 79.9. The van der Waals surface area contributed by atoms with Gasteiger partial charge in [-0.25, -0.2) is 4.98 Å². The van der Waals surface area contributed by atoms with Gasteiger partial charge in [0, 0.05) is 6.20 Å². The van der Waals surface area contributed by atoms with Crippen LogP contribution in [-0.4, -0.2) is 14.3 Å². The smallest absolute Gasteiger partial charge is 0.209 e. The number of hydrogen-bond donors (Lipinski definition) is 0. The lowest BCUT2D eigenvalue weighted by Crippen LogP contribution is -1.85. The summed E-state index contributed by atoms with van der Waals surface area (Å²) >= 11 is 4.56. The van der Waals surface area contributed by atoms with Crippen LogP contribution in [0, 0.1) is 6.92 Å². The van der Waals surface area contributed by atoms with Crippen molar-refractivity contribution in [1.29, 1.82) is 0 Å². The largest absolute Gasteiger partial charge is 0.253 e. The fraction of sp³-hybridized carbons (Fsp3) is 0.125. The third-order valence-electron chi connectivity index (χ3n) is 1.61. The number of pyridine rings is 1. The lowest BCUT2D eigenvalue weighted by atomic mass is 10.2. The van der Waals surface area contributed by atoms with Crippen LogP contribution in [0.25, 0.3) is 10.7 Å². The average molecular weight is 256 g/mol. The molecule has 0 atom stereocenters.